The number of hydrogen-bond acceptors (Lipinski definition) is 4. The number of aromatic carboxylic acids is 1. The smallest absolute Gasteiger partial charge is 0.336 e. The van der Waals surface area contributed by atoms with Gasteiger partial charge in [-0.1, -0.05) is 49.7 Å². The third kappa shape index (κ3) is 5.47. The van der Waals surface area contributed by atoms with Crippen LogP contribution in [0.4, 0.5) is 0 Å². The van der Waals surface area contributed by atoms with E-state index in [0.29, 0.717) is 29.3 Å². The van der Waals surface area contributed by atoms with Crippen LogP contribution in [0.25, 0.3) is 11.1 Å². The Morgan fingerprint density at radius 3 is 2.22 bits per heavy atom. The molecule has 0 unspecified atom stereocenters. The zero-order chi connectivity index (χ0) is 23.5. The second kappa shape index (κ2) is 9.71. The second-order valence-electron chi connectivity index (χ2n) is 7.87. The number of amides is 1. The van der Waals surface area contributed by atoms with Crippen LogP contribution in [0, 0.1) is 0 Å². The Balaban J connectivity index is 1.71. The minimum Gasteiger partial charge on any atom is -0.478 e. The molecule has 0 aromatic heterocycles. The highest BCUT2D eigenvalue weighted by molar-refractivity contribution is 7.90. The van der Waals surface area contributed by atoms with Crippen molar-refractivity contribution in [2.75, 3.05) is 0 Å². The molecule has 0 saturated heterocycles. The lowest BCUT2D eigenvalue weighted by atomic mass is 10.0. The average molecular weight is 474 g/mol. The molecule has 1 aromatic rings. The fourth-order valence-electron chi connectivity index (χ4n) is 3.52. The summed E-state index contributed by atoms with van der Waals surface area (Å²) in [4.78, 5) is 23.9. The molecule has 2 aliphatic carbocycles. The number of fused-ring (bicyclic) bond motifs is 1. The van der Waals surface area contributed by atoms with Crippen LogP contribution in [0.15, 0.2) is 59.5 Å². The van der Waals surface area contributed by atoms with Gasteiger partial charge in [0.15, 0.2) is 0 Å². The van der Waals surface area contributed by atoms with Crippen molar-refractivity contribution >= 4 is 33.5 Å². The average Bonchev–Trinajstić information content (AvgIpc) is 2.90. The van der Waals surface area contributed by atoms with Crippen molar-refractivity contribution in [1.29, 1.82) is 0 Å². The molecule has 0 fully saturated rings. The number of rotatable bonds is 8. The summed E-state index contributed by atoms with van der Waals surface area (Å²) in [6.07, 6.45) is 0.799. The van der Waals surface area contributed by atoms with Gasteiger partial charge in [-0.2, -0.15) is 0 Å². The number of aryl methyl sites for hydroxylation is 1. The molecule has 6 nitrogen and oxygen atoms in total. The van der Waals surface area contributed by atoms with Crippen molar-refractivity contribution in [1.82, 2.24) is 4.72 Å². The molecule has 0 saturated carbocycles. The Hall–Kier alpha value is -2.90. The van der Waals surface area contributed by atoms with E-state index in [1.54, 1.807) is 6.07 Å². The van der Waals surface area contributed by atoms with E-state index in [2.05, 4.69) is 18.6 Å². The zero-order valence-electron chi connectivity index (χ0n) is 17.8. The first-order valence-electron chi connectivity index (χ1n) is 10.2. The molecular formula is C24H24ClNO5S. The van der Waals surface area contributed by atoms with Crippen molar-refractivity contribution in [3.05, 3.63) is 76.3 Å². The molecule has 1 aromatic carbocycles. The first-order chi connectivity index (χ1) is 15.1. The van der Waals surface area contributed by atoms with Gasteiger partial charge in [-0.3, -0.25) is 4.79 Å². The third-order valence-electron chi connectivity index (χ3n) is 5.25. The topological polar surface area (TPSA) is 101 Å². The molecule has 8 heteroatoms. The van der Waals surface area contributed by atoms with Crippen LogP contribution >= 0.6 is 11.6 Å². The Morgan fingerprint density at radius 2 is 1.62 bits per heavy atom. The van der Waals surface area contributed by atoms with Gasteiger partial charge in [-0.25, -0.2) is 17.9 Å². The van der Waals surface area contributed by atoms with E-state index in [4.69, 9.17) is 11.6 Å². The van der Waals surface area contributed by atoms with Gasteiger partial charge in [0.1, 0.15) is 0 Å². The lowest BCUT2D eigenvalue weighted by Crippen LogP contribution is -2.30. The van der Waals surface area contributed by atoms with E-state index in [9.17, 15) is 23.1 Å². The van der Waals surface area contributed by atoms with Crippen LogP contribution in [0.1, 0.15) is 54.1 Å². The Bertz CT molecular complexity index is 1220. The van der Waals surface area contributed by atoms with Crippen molar-refractivity contribution in [3.8, 4) is 11.1 Å². The standard InChI is InChI=1S/C24H24ClNO5S/c1-15(2)16-6-12-20-17(14-22(24(28)29)21(20)13-7-16)4-3-5-23(27)26-32(30,31)19-10-8-18(25)9-11-19/h6-15H,3-5H2,1-2H3,(H,26,27)(H,28,29). The quantitative estimate of drug-likeness (QED) is 0.474. The van der Waals surface area contributed by atoms with Crippen molar-refractivity contribution in [2.24, 2.45) is 0 Å². The summed E-state index contributed by atoms with van der Waals surface area (Å²) in [6.45, 7) is 4.13. The van der Waals surface area contributed by atoms with Gasteiger partial charge in [0.05, 0.1) is 10.5 Å². The number of benzene rings is 1. The molecule has 0 spiro atoms. The molecule has 1 amide bonds. The number of sulfonamides is 1. The number of hydrogen-bond donors (Lipinski definition) is 2. The minimum atomic E-state index is -3.97. The third-order valence-corrected chi connectivity index (χ3v) is 6.89. The monoisotopic (exact) mass is 473 g/mol. The molecule has 3 rings (SSSR count). The molecule has 0 heterocycles. The van der Waals surface area contributed by atoms with E-state index in [1.807, 2.05) is 24.3 Å². The summed E-state index contributed by atoms with van der Waals surface area (Å²) in [5.74, 6) is -1.33. The van der Waals surface area contributed by atoms with Gasteiger partial charge in [-0.05, 0) is 71.3 Å². The van der Waals surface area contributed by atoms with Gasteiger partial charge in [0.2, 0.25) is 5.91 Å². The fourth-order valence-corrected chi connectivity index (χ4v) is 4.66. The van der Waals surface area contributed by atoms with Crippen LogP contribution in [0.5, 0.6) is 0 Å². The molecular weight excluding hydrogens is 450 g/mol. The van der Waals surface area contributed by atoms with E-state index in [-0.39, 0.29) is 16.9 Å². The summed E-state index contributed by atoms with van der Waals surface area (Å²) >= 11 is 5.77. The van der Waals surface area contributed by atoms with Crippen LogP contribution in [-0.4, -0.2) is 25.4 Å². The Labute approximate surface area is 192 Å². The van der Waals surface area contributed by atoms with E-state index in [0.717, 1.165) is 16.7 Å². The molecule has 0 radical (unpaired) electrons. The van der Waals surface area contributed by atoms with E-state index < -0.39 is 21.9 Å². The van der Waals surface area contributed by atoms with Crippen LogP contribution in [0.3, 0.4) is 0 Å². The molecule has 0 bridgehead atoms. The first-order valence-corrected chi connectivity index (χ1v) is 12.0. The largest absolute Gasteiger partial charge is 0.478 e. The lowest BCUT2D eigenvalue weighted by molar-refractivity contribution is -0.119. The second-order valence-corrected chi connectivity index (χ2v) is 9.99. The van der Waals surface area contributed by atoms with Crippen molar-refractivity contribution in [2.45, 2.75) is 43.9 Å². The summed E-state index contributed by atoms with van der Waals surface area (Å²) in [7, 11) is -3.97. The maximum atomic E-state index is 12.3. The van der Waals surface area contributed by atoms with E-state index >= 15 is 0 Å². The van der Waals surface area contributed by atoms with Gasteiger partial charge in [0.25, 0.3) is 10.0 Å². The summed E-state index contributed by atoms with van der Waals surface area (Å²) in [5.41, 5.74) is 3.60. The predicted molar refractivity (Wildman–Crippen MR) is 124 cm³/mol. The Kier molecular flexibility index (Phi) is 7.21. The fraction of sp³-hybridized carbons (Fsp3) is 0.250. The Morgan fingerprint density at radius 1 is 1.00 bits per heavy atom. The first kappa shape index (κ1) is 23.8. The number of nitrogens with one attached hydrogen (secondary N) is 1. The van der Waals surface area contributed by atoms with Crippen molar-refractivity contribution < 1.29 is 23.1 Å². The van der Waals surface area contributed by atoms with Gasteiger partial charge >= 0.3 is 5.97 Å². The van der Waals surface area contributed by atoms with Crippen LogP contribution in [0.2, 0.25) is 5.02 Å². The summed E-state index contributed by atoms with van der Waals surface area (Å²) < 4.78 is 26.7. The molecule has 32 heavy (non-hydrogen) atoms. The van der Waals surface area contributed by atoms with Crippen LogP contribution in [-0.2, 0) is 21.2 Å². The minimum absolute atomic E-state index is 0.0158. The highest BCUT2D eigenvalue weighted by atomic mass is 35.5. The van der Waals surface area contributed by atoms with E-state index in [1.165, 1.54) is 24.3 Å². The molecule has 168 valence electrons. The predicted octanol–water partition coefficient (Wildman–Crippen LogP) is 5.09. The zero-order valence-corrected chi connectivity index (χ0v) is 19.3. The maximum Gasteiger partial charge on any atom is 0.336 e. The number of halogens is 1. The number of carboxylic acid groups (broad SMARTS) is 1. The highest BCUT2D eigenvalue weighted by Gasteiger charge is 2.21. The molecule has 0 aliphatic heterocycles. The normalized spacial score (nSPS) is 11.6. The SMILES string of the molecule is CC(C)c1ccc2c(CCCC(=O)NS(=O)(=O)c3ccc(Cl)cc3)cc(C(=O)O)c-2cc1. The molecule has 2 N–H and O–H groups in total. The number of carboxylic acids is 1. The molecule has 0 atom stereocenters. The lowest BCUT2D eigenvalue weighted by Gasteiger charge is -2.07. The van der Waals surface area contributed by atoms with Crippen LogP contribution < -0.4 is 4.72 Å². The van der Waals surface area contributed by atoms with Gasteiger partial charge < -0.3 is 5.11 Å². The molecule has 2 aliphatic rings. The van der Waals surface area contributed by atoms with Gasteiger partial charge in [-0.15, -0.1) is 0 Å². The number of carbonyl (C=O) groups is 2. The maximum absolute atomic E-state index is 12.3. The summed E-state index contributed by atoms with van der Waals surface area (Å²) in [6, 6.07) is 14.8. The van der Waals surface area contributed by atoms with Crippen molar-refractivity contribution in [3.63, 3.8) is 0 Å². The number of carbonyl (C=O) groups excluding carboxylic acids is 1. The van der Waals surface area contributed by atoms with Gasteiger partial charge in [0, 0.05) is 11.4 Å². The summed E-state index contributed by atoms with van der Waals surface area (Å²) in [5, 5.41) is 9.98. The highest BCUT2D eigenvalue weighted by Crippen LogP contribution is 2.34.